The lowest BCUT2D eigenvalue weighted by Crippen LogP contribution is -1.72. The van der Waals surface area contributed by atoms with Crippen molar-refractivity contribution >= 4 is 18.1 Å². The van der Waals surface area contributed by atoms with Gasteiger partial charge in [0.05, 0.1) is 0 Å². The van der Waals surface area contributed by atoms with E-state index in [1.807, 2.05) is 6.92 Å². The summed E-state index contributed by atoms with van der Waals surface area (Å²) in [4.78, 5) is 16.7. The maximum absolute atomic E-state index is 8.33. The second-order valence-corrected chi connectivity index (χ2v) is 4.69. The van der Waals surface area contributed by atoms with Crippen molar-refractivity contribution in [2.75, 3.05) is 5.75 Å². The third-order valence-electron chi connectivity index (χ3n) is 0.477. The summed E-state index contributed by atoms with van der Waals surface area (Å²) in [5, 5.41) is 0. The van der Waals surface area contributed by atoms with Crippen molar-refractivity contribution in [2.45, 2.75) is 13.3 Å². The molecule has 2 N–H and O–H groups in total. The zero-order chi connectivity index (χ0) is 5.70. The summed E-state index contributed by atoms with van der Waals surface area (Å²) in [6.45, 7) is 2.03. The van der Waals surface area contributed by atoms with Crippen molar-refractivity contribution in [3.05, 3.63) is 0 Å². The minimum Gasteiger partial charge on any atom is -0.351 e. The molecule has 4 heteroatoms. The average Bonchev–Trinajstić information content (AvgIpc) is 1.61. The SMILES string of the molecule is CCC[SH]=[PH](O)O. The molecule has 0 rings (SSSR count). The van der Waals surface area contributed by atoms with Crippen LogP contribution in [0.5, 0.6) is 0 Å². The van der Waals surface area contributed by atoms with Crippen LogP contribution < -0.4 is 0 Å². The van der Waals surface area contributed by atoms with E-state index < -0.39 is 7.15 Å². The van der Waals surface area contributed by atoms with Gasteiger partial charge in [-0.1, -0.05) is 6.92 Å². The van der Waals surface area contributed by atoms with E-state index >= 15 is 0 Å². The van der Waals surface area contributed by atoms with E-state index in [9.17, 15) is 0 Å². The van der Waals surface area contributed by atoms with Crippen LogP contribution >= 0.6 is 7.15 Å². The molecule has 0 aromatic rings. The summed E-state index contributed by atoms with van der Waals surface area (Å²) < 4.78 is 0. The lowest BCUT2D eigenvalue weighted by molar-refractivity contribution is 0.509. The fourth-order valence-corrected chi connectivity index (χ4v) is 1.91. The van der Waals surface area contributed by atoms with Crippen molar-refractivity contribution < 1.29 is 9.79 Å². The maximum Gasteiger partial charge on any atom is 0.128 e. The molecule has 0 aliphatic heterocycles. The van der Waals surface area contributed by atoms with Crippen LogP contribution in [-0.4, -0.2) is 15.5 Å². The van der Waals surface area contributed by atoms with E-state index in [0.29, 0.717) is 0 Å². The molecular weight excluding hydrogens is 131 g/mol. The van der Waals surface area contributed by atoms with Crippen molar-refractivity contribution in [2.24, 2.45) is 0 Å². The van der Waals surface area contributed by atoms with Gasteiger partial charge in [-0.05, 0) is 12.2 Å². The Balaban J connectivity index is 3.08. The normalized spacial score (nSPS) is 10.3. The summed E-state index contributed by atoms with van der Waals surface area (Å²) in [5.74, 6) is 0.918. The lowest BCUT2D eigenvalue weighted by Gasteiger charge is -1.86. The third-order valence-corrected chi connectivity index (χ3v) is 2.95. The van der Waals surface area contributed by atoms with Crippen LogP contribution in [0.15, 0.2) is 0 Å². The molecule has 7 heavy (non-hydrogen) atoms. The molecule has 0 aromatic carbocycles. The van der Waals surface area contributed by atoms with Crippen LogP contribution in [0.3, 0.4) is 0 Å². The standard InChI is InChI=1S/C3H11O2PS/c1-2-3-7-6(4)5/h4-7H,2-3H2,1H3. The largest absolute Gasteiger partial charge is 0.351 e. The fraction of sp³-hybridized carbons (Fsp3) is 1.00. The Morgan fingerprint density at radius 2 is 2.14 bits per heavy atom. The highest BCUT2D eigenvalue weighted by molar-refractivity contribution is 8.11. The van der Waals surface area contributed by atoms with Gasteiger partial charge in [-0.25, -0.2) is 0 Å². The van der Waals surface area contributed by atoms with Crippen molar-refractivity contribution in [1.29, 1.82) is 0 Å². The monoisotopic (exact) mass is 142 g/mol. The predicted molar refractivity (Wildman–Crippen MR) is 36.7 cm³/mol. The van der Waals surface area contributed by atoms with E-state index in [1.165, 1.54) is 0 Å². The molecule has 0 fully saturated rings. The molecule has 0 atom stereocenters. The first-order valence-electron chi connectivity index (χ1n) is 2.19. The van der Waals surface area contributed by atoms with Gasteiger partial charge in [0.25, 0.3) is 0 Å². The maximum atomic E-state index is 8.33. The smallest absolute Gasteiger partial charge is 0.128 e. The van der Waals surface area contributed by atoms with E-state index in [4.69, 9.17) is 9.79 Å². The van der Waals surface area contributed by atoms with Gasteiger partial charge in [-0.15, -0.1) is 0 Å². The molecule has 0 saturated carbocycles. The molecule has 0 aliphatic carbocycles. The Kier molecular flexibility index (Phi) is 5.33. The van der Waals surface area contributed by atoms with Crippen molar-refractivity contribution in [1.82, 2.24) is 0 Å². The summed E-state index contributed by atoms with van der Waals surface area (Å²) in [5.41, 5.74) is 0. The molecule has 0 saturated heterocycles. The average molecular weight is 142 g/mol. The van der Waals surface area contributed by atoms with E-state index in [2.05, 4.69) is 0 Å². The number of thiol groups is 1. The molecule has 0 heterocycles. The molecule has 0 aliphatic rings. The zero-order valence-corrected chi connectivity index (χ0v) is 6.15. The highest BCUT2D eigenvalue weighted by Gasteiger charge is 1.73. The van der Waals surface area contributed by atoms with Crippen LogP contribution in [0.4, 0.5) is 0 Å². The molecule has 0 aromatic heterocycles. The Morgan fingerprint density at radius 1 is 1.57 bits per heavy atom. The lowest BCUT2D eigenvalue weighted by atomic mass is 10.6. The van der Waals surface area contributed by atoms with Crippen LogP contribution in [0, 0.1) is 0 Å². The van der Waals surface area contributed by atoms with Crippen molar-refractivity contribution in [3.8, 4) is 0 Å². The van der Waals surface area contributed by atoms with E-state index in [-0.39, 0.29) is 0 Å². The second kappa shape index (κ2) is 4.85. The topological polar surface area (TPSA) is 40.5 Å². The van der Waals surface area contributed by atoms with Gasteiger partial charge in [0.15, 0.2) is 0 Å². The van der Waals surface area contributed by atoms with Crippen molar-refractivity contribution in [3.63, 3.8) is 0 Å². The van der Waals surface area contributed by atoms with Gasteiger partial charge in [0, 0.05) is 0 Å². The molecule has 46 valence electrons. The van der Waals surface area contributed by atoms with Crippen LogP contribution in [0.2, 0.25) is 0 Å². The highest BCUT2D eigenvalue weighted by Crippen LogP contribution is 2.07. The first-order valence-corrected chi connectivity index (χ1v) is 5.51. The molecule has 0 amide bonds. The highest BCUT2D eigenvalue weighted by atomic mass is 32.5. The van der Waals surface area contributed by atoms with Crippen LogP contribution in [0.1, 0.15) is 13.3 Å². The van der Waals surface area contributed by atoms with E-state index in [1.54, 1.807) is 0 Å². The van der Waals surface area contributed by atoms with Gasteiger partial charge in [-0.2, -0.15) is 10.9 Å². The second-order valence-electron chi connectivity index (χ2n) is 1.18. The Labute approximate surface area is 47.7 Å². The Bertz CT molecular complexity index is 69.3. The van der Waals surface area contributed by atoms with Crippen LogP contribution in [-0.2, 0) is 10.9 Å². The molecule has 0 spiro atoms. The van der Waals surface area contributed by atoms with Crippen LogP contribution in [0.25, 0.3) is 0 Å². The first kappa shape index (κ1) is 7.70. The molecule has 2 nitrogen and oxygen atoms in total. The van der Waals surface area contributed by atoms with Gasteiger partial charge in [-0.3, -0.25) is 0 Å². The van der Waals surface area contributed by atoms with E-state index in [0.717, 1.165) is 23.1 Å². The quantitative estimate of drug-likeness (QED) is 0.379. The molecular formula is C3H11O2PS. The molecule has 0 bridgehead atoms. The molecule has 0 unspecified atom stereocenters. The summed E-state index contributed by atoms with van der Waals surface area (Å²) in [6.07, 6.45) is 1.04. The fourth-order valence-electron chi connectivity index (χ4n) is 0.212. The predicted octanol–water partition coefficient (Wildman–Crippen LogP) is 0.155. The zero-order valence-electron chi connectivity index (χ0n) is 4.26. The van der Waals surface area contributed by atoms with Gasteiger partial charge < -0.3 is 9.79 Å². The van der Waals surface area contributed by atoms with Gasteiger partial charge in [0.2, 0.25) is 0 Å². The van der Waals surface area contributed by atoms with Gasteiger partial charge >= 0.3 is 0 Å². The Hall–Kier alpha value is 0.700. The molecule has 0 radical (unpaired) electrons. The summed E-state index contributed by atoms with van der Waals surface area (Å²) in [7, 11) is -1.10. The first-order chi connectivity index (χ1) is 3.27. The minimum absolute atomic E-state index is 0.823. The third kappa shape index (κ3) is 6.70. The Morgan fingerprint density at radius 3 is 2.29 bits per heavy atom. The number of hydrogen-bond donors (Lipinski definition) is 3. The minimum atomic E-state index is -1.93. The number of rotatable bonds is 2. The van der Waals surface area contributed by atoms with Gasteiger partial charge in [0.1, 0.15) is 7.15 Å². The summed E-state index contributed by atoms with van der Waals surface area (Å²) >= 11 is 0. The number of hydrogen-bond acceptors (Lipinski definition) is 0. The summed E-state index contributed by atoms with van der Waals surface area (Å²) in [6, 6.07) is 0.